The van der Waals surface area contributed by atoms with Crippen LogP contribution in [0.4, 0.5) is 22.8 Å². The molecule has 0 aliphatic rings. The predicted molar refractivity (Wildman–Crippen MR) is 99.4 cm³/mol. The molecule has 0 atom stereocenters. The van der Waals surface area contributed by atoms with E-state index in [1.807, 2.05) is 0 Å². The van der Waals surface area contributed by atoms with Gasteiger partial charge in [0.15, 0.2) is 6.61 Å². The lowest BCUT2D eigenvalue weighted by Gasteiger charge is -2.19. The molecule has 0 aromatic carbocycles. The molecule has 1 rings (SSSR count). The van der Waals surface area contributed by atoms with Crippen molar-refractivity contribution in [1.29, 1.82) is 0 Å². The summed E-state index contributed by atoms with van der Waals surface area (Å²) in [5, 5.41) is 7.65. The van der Waals surface area contributed by atoms with Crippen LogP contribution in [-0.2, 0) is 11.3 Å². The van der Waals surface area contributed by atoms with E-state index in [4.69, 9.17) is 4.74 Å². The zero-order valence-electron chi connectivity index (χ0n) is 16.4. The van der Waals surface area contributed by atoms with Gasteiger partial charge in [0, 0.05) is 31.9 Å². The minimum absolute atomic E-state index is 0.0840. The van der Waals surface area contributed by atoms with Gasteiger partial charge in [-0.05, 0) is 32.4 Å². The van der Waals surface area contributed by atoms with E-state index < -0.39 is 30.5 Å². The van der Waals surface area contributed by atoms with Crippen molar-refractivity contribution in [2.45, 2.75) is 39.1 Å². The highest BCUT2D eigenvalue weighted by molar-refractivity contribution is 5.74. The van der Waals surface area contributed by atoms with E-state index in [2.05, 4.69) is 25.7 Å². The number of amides is 3. The molecule has 8 nitrogen and oxygen atoms in total. The topological polar surface area (TPSA) is 102 Å². The molecule has 0 saturated carbocycles. The van der Waals surface area contributed by atoms with Crippen molar-refractivity contribution in [2.75, 3.05) is 19.7 Å². The number of carbonyl (C=O) groups excluding carboxylic acids is 2. The zero-order valence-corrected chi connectivity index (χ0v) is 16.4. The molecule has 29 heavy (non-hydrogen) atoms. The second kappa shape index (κ2) is 11.1. The first-order valence-corrected chi connectivity index (χ1v) is 8.73. The van der Waals surface area contributed by atoms with E-state index >= 15 is 0 Å². The molecule has 11 heteroatoms. The third-order valence-corrected chi connectivity index (χ3v) is 2.95. The molecule has 0 spiro atoms. The molecular formula is C18H25F3N4O4. The second-order valence-electron chi connectivity index (χ2n) is 6.82. The highest BCUT2D eigenvalue weighted by Crippen LogP contribution is 2.17. The lowest BCUT2D eigenvalue weighted by Crippen LogP contribution is -2.35. The molecule has 0 bridgehead atoms. The van der Waals surface area contributed by atoms with Gasteiger partial charge in [-0.3, -0.25) is 0 Å². The third kappa shape index (κ3) is 12.9. The van der Waals surface area contributed by atoms with Gasteiger partial charge >= 0.3 is 18.3 Å². The minimum Gasteiger partial charge on any atom is -0.468 e. The summed E-state index contributed by atoms with van der Waals surface area (Å²) in [6.45, 7) is 4.38. The summed E-state index contributed by atoms with van der Waals surface area (Å²) in [6, 6.07) is 2.39. The van der Waals surface area contributed by atoms with Crippen molar-refractivity contribution in [3.63, 3.8) is 0 Å². The second-order valence-corrected chi connectivity index (χ2v) is 6.82. The largest absolute Gasteiger partial charge is 0.468 e. The van der Waals surface area contributed by atoms with Crippen LogP contribution < -0.4 is 20.7 Å². The van der Waals surface area contributed by atoms with Crippen molar-refractivity contribution >= 4 is 12.1 Å². The number of urea groups is 1. The van der Waals surface area contributed by atoms with Crippen LogP contribution in [-0.4, -0.2) is 48.6 Å². The number of pyridine rings is 1. The molecule has 1 aromatic heterocycles. The molecule has 3 amide bonds. The minimum atomic E-state index is -4.45. The van der Waals surface area contributed by atoms with E-state index in [0.717, 1.165) is 0 Å². The Morgan fingerprint density at radius 1 is 1.10 bits per heavy atom. The highest BCUT2D eigenvalue weighted by Gasteiger charge is 2.28. The number of hydrogen-bond donors (Lipinski definition) is 3. The van der Waals surface area contributed by atoms with Crippen LogP contribution in [0.25, 0.3) is 0 Å². The van der Waals surface area contributed by atoms with Crippen LogP contribution in [0.5, 0.6) is 5.88 Å². The summed E-state index contributed by atoms with van der Waals surface area (Å²) in [7, 11) is 0. The number of aromatic nitrogens is 1. The number of nitrogens with one attached hydrogen (secondary N) is 3. The Hall–Kier alpha value is -2.98. The summed E-state index contributed by atoms with van der Waals surface area (Å²) < 4.78 is 46.1. The molecule has 0 aliphatic heterocycles. The maximum atomic E-state index is 12.1. The van der Waals surface area contributed by atoms with Crippen LogP contribution in [0, 0.1) is 0 Å². The van der Waals surface area contributed by atoms with Gasteiger partial charge in [0.05, 0.1) is 0 Å². The standard InChI is InChI=1S/C18H25F3N4O4/c1-17(2,3)29-16(27)24-8-5-4-7-23-15(26)25-11-13-6-9-22-14(10-13)28-12-18(19,20)21/h4-6,9-10H,7-8,11-12H2,1-3H3,(H,24,27)(H2,23,25,26). The molecule has 0 radical (unpaired) electrons. The van der Waals surface area contributed by atoms with E-state index in [9.17, 15) is 22.8 Å². The molecule has 0 aliphatic carbocycles. The summed E-state index contributed by atoms with van der Waals surface area (Å²) in [4.78, 5) is 26.8. The quantitative estimate of drug-likeness (QED) is 0.564. The number of alkyl halides is 3. The predicted octanol–water partition coefficient (Wildman–Crippen LogP) is 2.90. The van der Waals surface area contributed by atoms with Gasteiger partial charge in [-0.1, -0.05) is 12.2 Å². The fourth-order valence-corrected chi connectivity index (χ4v) is 1.81. The van der Waals surface area contributed by atoms with Crippen LogP contribution in [0.1, 0.15) is 26.3 Å². The normalized spacial score (nSPS) is 11.8. The SMILES string of the molecule is CC(C)(C)OC(=O)NCC=CCNC(=O)NCc1ccnc(OCC(F)(F)F)c1. The molecule has 0 fully saturated rings. The first kappa shape index (κ1) is 24.1. The summed E-state index contributed by atoms with van der Waals surface area (Å²) in [5.74, 6) is -0.178. The number of halogens is 3. The lowest BCUT2D eigenvalue weighted by atomic mass is 10.2. The van der Waals surface area contributed by atoms with Gasteiger partial charge < -0.3 is 25.4 Å². The Kier molecular flexibility index (Phi) is 9.23. The van der Waals surface area contributed by atoms with Gasteiger partial charge in [-0.25, -0.2) is 14.6 Å². The summed E-state index contributed by atoms with van der Waals surface area (Å²) >= 11 is 0. The van der Waals surface area contributed by atoms with Gasteiger partial charge in [-0.15, -0.1) is 0 Å². The molecule has 0 saturated heterocycles. The van der Waals surface area contributed by atoms with Crippen LogP contribution in [0.2, 0.25) is 0 Å². The Morgan fingerprint density at radius 2 is 1.76 bits per heavy atom. The first-order valence-electron chi connectivity index (χ1n) is 8.73. The number of carbonyl (C=O) groups is 2. The maximum Gasteiger partial charge on any atom is 0.422 e. The van der Waals surface area contributed by atoms with Gasteiger partial charge in [0.25, 0.3) is 0 Å². The van der Waals surface area contributed by atoms with Crippen molar-refractivity contribution in [3.8, 4) is 5.88 Å². The average molecular weight is 418 g/mol. The smallest absolute Gasteiger partial charge is 0.422 e. The summed E-state index contributed by atoms with van der Waals surface area (Å²) in [5.41, 5.74) is -0.0440. The van der Waals surface area contributed by atoms with Crippen molar-refractivity contribution < 1.29 is 32.2 Å². The van der Waals surface area contributed by atoms with Gasteiger partial charge in [-0.2, -0.15) is 13.2 Å². The number of ether oxygens (including phenoxy) is 2. The van der Waals surface area contributed by atoms with E-state index in [1.54, 1.807) is 39.0 Å². The Balaban J connectivity index is 2.25. The Morgan fingerprint density at radius 3 is 2.38 bits per heavy atom. The number of hydrogen-bond acceptors (Lipinski definition) is 5. The average Bonchev–Trinajstić information content (AvgIpc) is 2.59. The molecule has 3 N–H and O–H groups in total. The van der Waals surface area contributed by atoms with Gasteiger partial charge in [0.1, 0.15) is 5.60 Å². The van der Waals surface area contributed by atoms with Crippen molar-refractivity contribution in [1.82, 2.24) is 20.9 Å². The fraction of sp³-hybridized carbons (Fsp3) is 0.500. The van der Waals surface area contributed by atoms with Crippen LogP contribution >= 0.6 is 0 Å². The molecular weight excluding hydrogens is 393 g/mol. The fourth-order valence-electron chi connectivity index (χ4n) is 1.81. The first-order chi connectivity index (χ1) is 13.4. The summed E-state index contributed by atoms with van der Waals surface area (Å²) in [6.07, 6.45) is -0.403. The van der Waals surface area contributed by atoms with Gasteiger partial charge in [0.2, 0.25) is 5.88 Å². The highest BCUT2D eigenvalue weighted by atomic mass is 19.4. The molecule has 0 unspecified atom stereocenters. The van der Waals surface area contributed by atoms with Crippen LogP contribution in [0.3, 0.4) is 0 Å². The number of rotatable bonds is 8. The molecule has 162 valence electrons. The Bertz CT molecular complexity index is 703. The van der Waals surface area contributed by atoms with E-state index in [0.29, 0.717) is 5.56 Å². The maximum absolute atomic E-state index is 12.1. The van der Waals surface area contributed by atoms with Crippen LogP contribution in [0.15, 0.2) is 30.5 Å². The third-order valence-electron chi connectivity index (χ3n) is 2.95. The van der Waals surface area contributed by atoms with Crippen molar-refractivity contribution in [2.24, 2.45) is 0 Å². The number of nitrogens with zero attached hydrogens (tertiary/aromatic N) is 1. The molecule has 1 heterocycles. The monoisotopic (exact) mass is 418 g/mol. The zero-order chi connectivity index (χ0) is 21.9. The van der Waals surface area contributed by atoms with E-state index in [-0.39, 0.29) is 25.5 Å². The molecule has 1 aromatic rings. The number of alkyl carbamates (subject to hydrolysis) is 1. The van der Waals surface area contributed by atoms with Crippen molar-refractivity contribution in [3.05, 3.63) is 36.0 Å². The lowest BCUT2D eigenvalue weighted by molar-refractivity contribution is -0.154. The van der Waals surface area contributed by atoms with E-state index in [1.165, 1.54) is 12.3 Å². The Labute approximate surface area is 166 Å².